The predicted molar refractivity (Wildman–Crippen MR) is 98.8 cm³/mol. The normalized spacial score (nSPS) is 12.5. The van der Waals surface area contributed by atoms with Crippen molar-refractivity contribution in [1.82, 2.24) is 0 Å². The fourth-order valence-electron chi connectivity index (χ4n) is 2.86. The van der Waals surface area contributed by atoms with E-state index in [0.717, 1.165) is 23.3 Å². The lowest BCUT2D eigenvalue weighted by atomic mass is 9.95. The summed E-state index contributed by atoms with van der Waals surface area (Å²) >= 11 is 0. The Balaban J connectivity index is 2.02. The number of hydrogen-bond acceptors (Lipinski definition) is 3. The van der Waals surface area contributed by atoms with Gasteiger partial charge in [-0.15, -0.1) is 0 Å². The Morgan fingerprint density at radius 3 is 2.36 bits per heavy atom. The number of methoxy groups -OCH3 is 1. The average molecular weight is 396 g/mol. The molecule has 4 nitrogen and oxygen atoms in total. The maximum Gasteiger partial charge on any atom is 0.416 e. The zero-order valence-electron chi connectivity index (χ0n) is 15.8. The number of hydrogen-bond donors (Lipinski definition) is 1. The fraction of sp³-hybridized carbons (Fsp3) is 0.381. The highest BCUT2D eigenvalue weighted by atomic mass is 19.4. The van der Waals surface area contributed by atoms with E-state index in [1.54, 1.807) is 13.2 Å². The molecule has 0 saturated carbocycles. The van der Waals surface area contributed by atoms with Gasteiger partial charge in [0, 0.05) is 6.42 Å². The molecule has 0 radical (unpaired) electrons. The van der Waals surface area contributed by atoms with E-state index in [0.29, 0.717) is 30.8 Å². The minimum absolute atomic E-state index is 0.251. The summed E-state index contributed by atoms with van der Waals surface area (Å²) < 4.78 is 48.6. The van der Waals surface area contributed by atoms with Crippen LogP contribution in [0.5, 0.6) is 11.5 Å². The van der Waals surface area contributed by atoms with Crippen LogP contribution in [-0.4, -0.2) is 24.8 Å². The van der Waals surface area contributed by atoms with Gasteiger partial charge in [0.1, 0.15) is 11.5 Å². The van der Waals surface area contributed by atoms with E-state index in [2.05, 4.69) is 0 Å². The lowest BCUT2D eigenvalue weighted by Crippen LogP contribution is -2.15. The molecule has 28 heavy (non-hydrogen) atoms. The summed E-state index contributed by atoms with van der Waals surface area (Å²) in [6, 6.07) is 10.0. The van der Waals surface area contributed by atoms with Gasteiger partial charge in [0.25, 0.3) is 0 Å². The summed E-state index contributed by atoms with van der Waals surface area (Å²) in [5.74, 6) is -0.279. The Morgan fingerprint density at radius 1 is 1.14 bits per heavy atom. The molecule has 0 aromatic heterocycles. The minimum atomic E-state index is -4.38. The summed E-state index contributed by atoms with van der Waals surface area (Å²) in [7, 11) is 1.54. The third-order valence-electron chi connectivity index (χ3n) is 4.49. The van der Waals surface area contributed by atoms with Gasteiger partial charge in [-0.1, -0.05) is 19.1 Å². The van der Waals surface area contributed by atoms with E-state index < -0.39 is 23.6 Å². The highest BCUT2D eigenvalue weighted by molar-refractivity contribution is 5.70. The molecule has 0 amide bonds. The maximum absolute atomic E-state index is 12.6. The highest BCUT2D eigenvalue weighted by Gasteiger charge is 2.30. The Kier molecular flexibility index (Phi) is 7.31. The summed E-state index contributed by atoms with van der Waals surface area (Å²) in [5, 5.41) is 9.23. The predicted octanol–water partition coefficient (Wildman–Crippen LogP) is 4.99. The quantitative estimate of drug-likeness (QED) is 0.649. The number of rotatable bonds is 9. The van der Waals surface area contributed by atoms with E-state index >= 15 is 0 Å². The SMILES string of the molecule is CCC(Cc1ccc(OC)c(CCOc2ccc(C(F)(F)F)cc2)c1)C(=O)O. The van der Waals surface area contributed by atoms with Gasteiger partial charge in [-0.25, -0.2) is 0 Å². The molecule has 0 spiro atoms. The van der Waals surface area contributed by atoms with Crippen molar-refractivity contribution in [1.29, 1.82) is 0 Å². The van der Waals surface area contributed by atoms with Crippen molar-refractivity contribution in [2.24, 2.45) is 5.92 Å². The molecule has 0 aliphatic carbocycles. The lowest BCUT2D eigenvalue weighted by Gasteiger charge is -2.14. The van der Waals surface area contributed by atoms with Gasteiger partial charge in [-0.3, -0.25) is 4.79 Å². The molecule has 0 aliphatic rings. The van der Waals surface area contributed by atoms with Gasteiger partial charge < -0.3 is 14.6 Å². The third kappa shape index (κ3) is 5.90. The van der Waals surface area contributed by atoms with Gasteiger partial charge in [-0.2, -0.15) is 13.2 Å². The van der Waals surface area contributed by atoms with Gasteiger partial charge in [0.2, 0.25) is 0 Å². The monoisotopic (exact) mass is 396 g/mol. The molecular weight excluding hydrogens is 373 g/mol. The molecule has 0 saturated heterocycles. The Morgan fingerprint density at radius 2 is 1.82 bits per heavy atom. The molecule has 0 bridgehead atoms. The number of carboxylic acids is 1. The van der Waals surface area contributed by atoms with Crippen LogP contribution in [0.4, 0.5) is 13.2 Å². The van der Waals surface area contributed by atoms with Crippen molar-refractivity contribution in [2.75, 3.05) is 13.7 Å². The number of ether oxygens (including phenoxy) is 2. The zero-order chi connectivity index (χ0) is 20.7. The van der Waals surface area contributed by atoms with Crippen LogP contribution in [-0.2, 0) is 23.8 Å². The van der Waals surface area contributed by atoms with Gasteiger partial charge in [0.05, 0.1) is 25.2 Å². The van der Waals surface area contributed by atoms with Crippen molar-refractivity contribution in [3.8, 4) is 11.5 Å². The first kappa shape index (κ1) is 21.6. The van der Waals surface area contributed by atoms with Crippen molar-refractivity contribution < 1.29 is 32.5 Å². The smallest absolute Gasteiger partial charge is 0.416 e. The second-order valence-corrected chi connectivity index (χ2v) is 6.41. The van der Waals surface area contributed by atoms with Crippen LogP contribution in [0, 0.1) is 5.92 Å². The largest absolute Gasteiger partial charge is 0.496 e. The van der Waals surface area contributed by atoms with E-state index in [1.807, 2.05) is 19.1 Å². The Bertz CT molecular complexity index is 785. The number of aliphatic carboxylic acids is 1. The molecule has 0 aliphatic heterocycles. The topological polar surface area (TPSA) is 55.8 Å². The minimum Gasteiger partial charge on any atom is -0.496 e. The maximum atomic E-state index is 12.6. The fourth-order valence-corrected chi connectivity index (χ4v) is 2.86. The van der Waals surface area contributed by atoms with Gasteiger partial charge in [0.15, 0.2) is 0 Å². The molecule has 2 rings (SSSR count). The standard InChI is InChI=1S/C21H23F3O4/c1-3-15(20(25)26)12-14-4-9-19(27-2)16(13-14)10-11-28-18-7-5-17(6-8-18)21(22,23)24/h4-9,13,15H,3,10-12H2,1-2H3,(H,25,26). The molecule has 2 aromatic rings. The molecule has 7 heteroatoms. The molecular formula is C21H23F3O4. The van der Waals surface area contributed by atoms with Crippen LogP contribution in [0.15, 0.2) is 42.5 Å². The summed E-state index contributed by atoms with van der Waals surface area (Å²) in [6.07, 6.45) is -2.95. The zero-order valence-corrected chi connectivity index (χ0v) is 15.8. The number of alkyl halides is 3. The summed E-state index contributed by atoms with van der Waals surface area (Å²) in [4.78, 5) is 11.2. The molecule has 2 aromatic carbocycles. The van der Waals surface area contributed by atoms with Gasteiger partial charge >= 0.3 is 12.1 Å². The van der Waals surface area contributed by atoms with Crippen molar-refractivity contribution in [2.45, 2.75) is 32.4 Å². The van der Waals surface area contributed by atoms with Crippen molar-refractivity contribution >= 4 is 5.97 Å². The molecule has 1 unspecified atom stereocenters. The third-order valence-corrected chi connectivity index (χ3v) is 4.49. The first-order valence-electron chi connectivity index (χ1n) is 8.93. The van der Waals surface area contributed by atoms with Crippen LogP contribution >= 0.6 is 0 Å². The second kappa shape index (κ2) is 9.48. The van der Waals surface area contributed by atoms with Crippen LogP contribution in [0.2, 0.25) is 0 Å². The van der Waals surface area contributed by atoms with Crippen LogP contribution in [0.25, 0.3) is 0 Å². The molecule has 0 fully saturated rings. The number of halogens is 3. The summed E-state index contributed by atoms with van der Waals surface area (Å²) in [6.45, 7) is 2.09. The van der Waals surface area contributed by atoms with Crippen molar-refractivity contribution in [3.63, 3.8) is 0 Å². The lowest BCUT2D eigenvalue weighted by molar-refractivity contribution is -0.141. The van der Waals surface area contributed by atoms with E-state index in [1.165, 1.54) is 12.1 Å². The number of carboxylic acid groups (broad SMARTS) is 1. The molecule has 0 heterocycles. The molecule has 1 atom stereocenters. The van der Waals surface area contributed by atoms with E-state index in [4.69, 9.17) is 9.47 Å². The van der Waals surface area contributed by atoms with Gasteiger partial charge in [-0.05, 0) is 54.3 Å². The average Bonchev–Trinajstić information content (AvgIpc) is 2.65. The van der Waals surface area contributed by atoms with E-state index in [-0.39, 0.29) is 6.61 Å². The number of benzene rings is 2. The van der Waals surface area contributed by atoms with E-state index in [9.17, 15) is 23.1 Å². The summed E-state index contributed by atoms with van der Waals surface area (Å²) in [5.41, 5.74) is 1.02. The Labute approximate surface area is 161 Å². The second-order valence-electron chi connectivity index (χ2n) is 6.41. The van der Waals surface area contributed by atoms with Crippen molar-refractivity contribution in [3.05, 3.63) is 59.2 Å². The van der Waals surface area contributed by atoms with Crippen LogP contribution in [0.1, 0.15) is 30.0 Å². The highest BCUT2D eigenvalue weighted by Crippen LogP contribution is 2.30. The molecule has 1 N–H and O–H groups in total. The van der Waals surface area contributed by atoms with Crippen LogP contribution in [0.3, 0.4) is 0 Å². The first-order valence-corrected chi connectivity index (χ1v) is 8.93. The number of carbonyl (C=O) groups is 1. The first-order chi connectivity index (χ1) is 13.2. The van der Waals surface area contributed by atoms with Crippen LogP contribution < -0.4 is 9.47 Å². The Hall–Kier alpha value is -2.70. The molecule has 152 valence electrons.